The molecule has 2 aromatic carbocycles. The molecule has 2 N–H and O–H groups in total. The minimum Gasteiger partial charge on any atom is -0.334 e. The Labute approximate surface area is 159 Å². The number of para-hydroxylation sites is 1. The van der Waals surface area contributed by atoms with Gasteiger partial charge < -0.3 is 10.6 Å². The number of anilines is 1. The molecule has 2 amide bonds. The van der Waals surface area contributed by atoms with Crippen LogP contribution in [0.25, 0.3) is 0 Å². The molecule has 0 spiro atoms. The highest BCUT2D eigenvalue weighted by Crippen LogP contribution is 2.30. The van der Waals surface area contributed by atoms with E-state index in [4.69, 9.17) is 5.26 Å². The molecule has 0 aliphatic heterocycles. The van der Waals surface area contributed by atoms with Crippen LogP contribution < -0.4 is 10.6 Å². The maximum atomic E-state index is 12.7. The molecular weight excluding hydrogens is 375 g/mol. The van der Waals surface area contributed by atoms with Crippen molar-refractivity contribution in [3.63, 3.8) is 0 Å². The van der Waals surface area contributed by atoms with Gasteiger partial charge in [0.25, 0.3) is 0 Å². The number of benzene rings is 2. The summed E-state index contributed by atoms with van der Waals surface area (Å²) >= 11 is 1.45. The molecule has 0 aliphatic carbocycles. The Bertz CT molecular complexity index is 833. The Morgan fingerprint density at radius 1 is 1.22 bits per heavy atom. The monoisotopic (exact) mass is 393 g/mol. The number of amides is 2. The lowest BCUT2D eigenvalue weighted by Gasteiger charge is -2.13. The second-order valence-electron chi connectivity index (χ2n) is 5.84. The standard InChI is InChI=1S/C19H18F3N3OS/c1-13(10-23)12-27-17-8-3-2-7-16(17)25-18(26)24-11-14-5-4-6-15(9-14)19(20,21)22/h2-9,13H,11-12H2,1H3,(H2,24,25,26). The van der Waals surface area contributed by atoms with Gasteiger partial charge in [-0.05, 0) is 36.8 Å². The van der Waals surface area contributed by atoms with Gasteiger partial charge >= 0.3 is 12.2 Å². The quantitative estimate of drug-likeness (QED) is 0.657. The van der Waals surface area contributed by atoms with Crippen molar-refractivity contribution in [3.05, 3.63) is 59.7 Å². The van der Waals surface area contributed by atoms with Crippen LogP contribution in [0.2, 0.25) is 0 Å². The third-order valence-corrected chi connectivity index (χ3v) is 4.89. The molecule has 0 saturated carbocycles. The number of alkyl halides is 3. The van der Waals surface area contributed by atoms with Crippen molar-refractivity contribution in [1.29, 1.82) is 5.26 Å². The number of hydrogen-bond acceptors (Lipinski definition) is 3. The van der Waals surface area contributed by atoms with Crippen LogP contribution in [-0.2, 0) is 12.7 Å². The third-order valence-electron chi connectivity index (χ3n) is 3.55. The molecule has 4 nitrogen and oxygen atoms in total. The summed E-state index contributed by atoms with van der Waals surface area (Å²) in [4.78, 5) is 12.9. The molecule has 1 unspecified atom stereocenters. The van der Waals surface area contributed by atoms with Crippen LogP contribution in [0.5, 0.6) is 0 Å². The maximum Gasteiger partial charge on any atom is 0.416 e. The van der Waals surface area contributed by atoms with Gasteiger partial charge in [-0.2, -0.15) is 18.4 Å². The zero-order valence-corrected chi connectivity index (χ0v) is 15.3. The Hall–Kier alpha value is -2.66. The fourth-order valence-electron chi connectivity index (χ4n) is 2.15. The van der Waals surface area contributed by atoms with Gasteiger partial charge in [-0.15, -0.1) is 11.8 Å². The predicted molar refractivity (Wildman–Crippen MR) is 99.2 cm³/mol. The van der Waals surface area contributed by atoms with Gasteiger partial charge in [0.05, 0.1) is 23.2 Å². The van der Waals surface area contributed by atoms with E-state index < -0.39 is 17.8 Å². The highest BCUT2D eigenvalue weighted by molar-refractivity contribution is 7.99. The lowest BCUT2D eigenvalue weighted by Crippen LogP contribution is -2.28. The van der Waals surface area contributed by atoms with Gasteiger partial charge in [0.15, 0.2) is 0 Å². The van der Waals surface area contributed by atoms with Crippen molar-refractivity contribution in [3.8, 4) is 6.07 Å². The summed E-state index contributed by atoms with van der Waals surface area (Å²) in [6, 6.07) is 13.6. The van der Waals surface area contributed by atoms with E-state index in [-0.39, 0.29) is 12.5 Å². The summed E-state index contributed by atoms with van der Waals surface area (Å²) in [5.41, 5.74) is 0.176. The Kier molecular flexibility index (Phi) is 7.13. The zero-order valence-electron chi connectivity index (χ0n) is 14.5. The van der Waals surface area contributed by atoms with Crippen molar-refractivity contribution in [2.75, 3.05) is 11.1 Å². The summed E-state index contributed by atoms with van der Waals surface area (Å²) in [5, 5.41) is 14.1. The number of carbonyl (C=O) groups is 1. The van der Waals surface area contributed by atoms with E-state index in [1.165, 1.54) is 23.9 Å². The van der Waals surface area contributed by atoms with Crippen LogP contribution >= 0.6 is 11.8 Å². The van der Waals surface area contributed by atoms with E-state index in [0.717, 1.165) is 17.0 Å². The molecule has 27 heavy (non-hydrogen) atoms. The van der Waals surface area contributed by atoms with E-state index in [0.29, 0.717) is 17.0 Å². The first-order chi connectivity index (χ1) is 12.8. The number of halogens is 3. The molecule has 142 valence electrons. The number of nitriles is 1. The average molecular weight is 393 g/mol. The Balaban J connectivity index is 1.96. The smallest absolute Gasteiger partial charge is 0.334 e. The normalized spacial score (nSPS) is 12.1. The molecule has 0 heterocycles. The largest absolute Gasteiger partial charge is 0.416 e. The topological polar surface area (TPSA) is 64.9 Å². The van der Waals surface area contributed by atoms with Gasteiger partial charge in [-0.25, -0.2) is 4.79 Å². The summed E-state index contributed by atoms with van der Waals surface area (Å²) in [6.45, 7) is 1.78. The minimum atomic E-state index is -4.42. The van der Waals surface area contributed by atoms with Crippen molar-refractivity contribution in [2.24, 2.45) is 5.92 Å². The number of nitrogens with zero attached hydrogens (tertiary/aromatic N) is 1. The molecule has 8 heteroatoms. The zero-order chi connectivity index (χ0) is 19.9. The van der Waals surface area contributed by atoms with Crippen molar-refractivity contribution in [2.45, 2.75) is 24.5 Å². The Morgan fingerprint density at radius 3 is 2.67 bits per heavy atom. The lowest BCUT2D eigenvalue weighted by atomic mass is 10.1. The summed E-state index contributed by atoms with van der Waals surface area (Å²) < 4.78 is 38.2. The van der Waals surface area contributed by atoms with Crippen molar-refractivity contribution in [1.82, 2.24) is 5.32 Å². The number of nitrogens with one attached hydrogen (secondary N) is 2. The van der Waals surface area contributed by atoms with Crippen LogP contribution in [0.3, 0.4) is 0 Å². The molecule has 2 aromatic rings. The first-order valence-corrected chi connectivity index (χ1v) is 9.10. The SMILES string of the molecule is CC(C#N)CSc1ccccc1NC(=O)NCc1cccc(C(F)(F)F)c1. The summed E-state index contributed by atoms with van der Waals surface area (Å²) in [7, 11) is 0. The Morgan fingerprint density at radius 2 is 1.96 bits per heavy atom. The molecule has 0 saturated heterocycles. The maximum absolute atomic E-state index is 12.7. The third kappa shape index (κ3) is 6.53. The van der Waals surface area contributed by atoms with Crippen LogP contribution in [-0.4, -0.2) is 11.8 Å². The number of thioether (sulfide) groups is 1. The first kappa shape index (κ1) is 20.6. The van der Waals surface area contributed by atoms with E-state index >= 15 is 0 Å². The molecule has 0 bridgehead atoms. The predicted octanol–water partition coefficient (Wildman–Crippen LogP) is 5.28. The number of rotatable bonds is 6. The summed E-state index contributed by atoms with van der Waals surface area (Å²) in [5.74, 6) is 0.457. The van der Waals surface area contributed by atoms with Crippen molar-refractivity contribution < 1.29 is 18.0 Å². The highest BCUT2D eigenvalue weighted by atomic mass is 32.2. The lowest BCUT2D eigenvalue weighted by molar-refractivity contribution is -0.137. The van der Waals surface area contributed by atoms with Crippen molar-refractivity contribution >= 4 is 23.5 Å². The van der Waals surface area contributed by atoms with Crippen LogP contribution in [0.4, 0.5) is 23.7 Å². The fourth-order valence-corrected chi connectivity index (χ4v) is 3.11. The fraction of sp³-hybridized carbons (Fsp3) is 0.263. The van der Waals surface area contributed by atoms with Gasteiger partial charge in [-0.3, -0.25) is 0 Å². The van der Waals surface area contributed by atoms with E-state index in [2.05, 4.69) is 16.7 Å². The molecule has 1 atom stereocenters. The minimum absolute atomic E-state index is 0.0312. The van der Waals surface area contributed by atoms with Gasteiger partial charge in [0.2, 0.25) is 0 Å². The average Bonchev–Trinajstić information content (AvgIpc) is 2.65. The molecule has 2 rings (SSSR count). The number of urea groups is 1. The molecule has 0 aromatic heterocycles. The number of hydrogen-bond donors (Lipinski definition) is 2. The van der Waals surface area contributed by atoms with E-state index in [1.54, 1.807) is 12.1 Å². The van der Waals surface area contributed by atoms with Crippen LogP contribution in [0.1, 0.15) is 18.1 Å². The van der Waals surface area contributed by atoms with E-state index in [9.17, 15) is 18.0 Å². The highest BCUT2D eigenvalue weighted by Gasteiger charge is 2.30. The van der Waals surface area contributed by atoms with Gasteiger partial charge in [0.1, 0.15) is 0 Å². The first-order valence-electron chi connectivity index (χ1n) is 8.12. The number of carbonyl (C=O) groups excluding carboxylic acids is 1. The second-order valence-corrected chi connectivity index (χ2v) is 6.90. The molecular formula is C19H18F3N3OS. The molecule has 0 radical (unpaired) electrons. The van der Waals surface area contributed by atoms with E-state index in [1.807, 2.05) is 19.1 Å². The van der Waals surface area contributed by atoms with Crippen LogP contribution in [0.15, 0.2) is 53.4 Å². The summed E-state index contributed by atoms with van der Waals surface area (Å²) in [6.07, 6.45) is -4.42. The molecule has 0 aliphatic rings. The van der Waals surface area contributed by atoms with Gasteiger partial charge in [-0.1, -0.05) is 24.3 Å². The second kappa shape index (κ2) is 9.33. The van der Waals surface area contributed by atoms with Gasteiger partial charge in [0, 0.05) is 17.2 Å². The molecule has 0 fully saturated rings. The van der Waals surface area contributed by atoms with Crippen LogP contribution in [0, 0.1) is 17.2 Å².